The monoisotopic (exact) mass is 335 g/mol. The van der Waals surface area contributed by atoms with Crippen molar-refractivity contribution in [3.05, 3.63) is 22.7 Å². The lowest BCUT2D eigenvalue weighted by Gasteiger charge is -2.41. The van der Waals surface area contributed by atoms with Gasteiger partial charge in [-0.3, -0.25) is 0 Å². The number of aromatic nitrogens is 1. The number of thiazole rings is 1. The Morgan fingerprint density at radius 3 is 2.59 bits per heavy atom. The van der Waals surface area contributed by atoms with Gasteiger partial charge in [0.25, 0.3) is 0 Å². The van der Waals surface area contributed by atoms with E-state index in [1.165, 1.54) is 49.9 Å². The second kappa shape index (κ2) is 6.34. The number of likely N-dealkylation sites (tertiary alicyclic amines) is 1. The molecule has 1 aromatic heterocycles. The minimum absolute atomic E-state index is 0.776. The number of anilines is 1. The van der Waals surface area contributed by atoms with Crippen LogP contribution in [0.3, 0.4) is 0 Å². The molecule has 5 heteroatoms. The van der Waals surface area contributed by atoms with Gasteiger partial charge in [-0.1, -0.05) is 18.0 Å². The van der Waals surface area contributed by atoms with Gasteiger partial charge in [-0.2, -0.15) is 0 Å². The second-order valence-electron chi connectivity index (χ2n) is 6.44. The molecular formula is C17H22ClN3S. The first-order valence-corrected chi connectivity index (χ1v) is 9.59. The third-order valence-corrected chi connectivity index (χ3v) is 6.21. The maximum Gasteiger partial charge on any atom is 0.0833 e. The van der Waals surface area contributed by atoms with Gasteiger partial charge < -0.3 is 9.80 Å². The first-order valence-electron chi connectivity index (χ1n) is 8.33. The molecule has 2 aliphatic rings. The number of piperidine rings is 2. The van der Waals surface area contributed by atoms with E-state index in [0.29, 0.717) is 0 Å². The van der Waals surface area contributed by atoms with Crippen LogP contribution in [0, 0.1) is 0 Å². The molecule has 4 rings (SSSR count). The summed E-state index contributed by atoms with van der Waals surface area (Å²) in [5.41, 5.74) is 4.13. The highest BCUT2D eigenvalue weighted by Crippen LogP contribution is 2.34. The number of nitrogens with zero attached hydrogens (tertiary/aromatic N) is 3. The summed E-state index contributed by atoms with van der Waals surface area (Å²) in [6.45, 7) is 4.82. The van der Waals surface area contributed by atoms with Crippen LogP contribution < -0.4 is 4.90 Å². The van der Waals surface area contributed by atoms with Crippen molar-refractivity contribution in [2.45, 2.75) is 38.1 Å². The molecule has 0 saturated carbocycles. The van der Waals surface area contributed by atoms with E-state index in [9.17, 15) is 0 Å². The Labute approximate surface area is 140 Å². The van der Waals surface area contributed by atoms with Gasteiger partial charge in [-0.05, 0) is 50.9 Å². The second-order valence-corrected chi connectivity index (χ2v) is 7.73. The molecule has 0 bridgehead atoms. The SMILES string of the molecule is Clc1cc2scnc2cc1N1CCC(N2CCCCC2)CC1. The van der Waals surface area contributed by atoms with Crippen molar-refractivity contribution in [2.24, 2.45) is 0 Å². The zero-order chi connectivity index (χ0) is 14.9. The fraction of sp³-hybridized carbons (Fsp3) is 0.588. The zero-order valence-electron chi connectivity index (χ0n) is 12.8. The van der Waals surface area contributed by atoms with Gasteiger partial charge in [0.05, 0.1) is 26.4 Å². The molecule has 0 N–H and O–H groups in total. The van der Waals surface area contributed by atoms with Gasteiger partial charge in [-0.15, -0.1) is 11.3 Å². The van der Waals surface area contributed by atoms with Crippen molar-refractivity contribution in [3.63, 3.8) is 0 Å². The molecule has 2 fully saturated rings. The molecule has 0 spiro atoms. The third-order valence-electron chi connectivity index (χ3n) is 5.11. The Morgan fingerprint density at radius 1 is 1.05 bits per heavy atom. The summed E-state index contributed by atoms with van der Waals surface area (Å²) in [5.74, 6) is 0. The van der Waals surface area contributed by atoms with Crippen LogP contribution in [0.5, 0.6) is 0 Å². The van der Waals surface area contributed by atoms with E-state index in [-0.39, 0.29) is 0 Å². The van der Waals surface area contributed by atoms with Gasteiger partial charge in [0.15, 0.2) is 0 Å². The number of fused-ring (bicyclic) bond motifs is 1. The molecule has 3 nitrogen and oxygen atoms in total. The number of hydrogen-bond acceptors (Lipinski definition) is 4. The molecule has 0 amide bonds. The van der Waals surface area contributed by atoms with Crippen LogP contribution in [-0.2, 0) is 0 Å². The lowest BCUT2D eigenvalue weighted by Crippen LogP contribution is -2.46. The molecule has 2 saturated heterocycles. The van der Waals surface area contributed by atoms with Crippen LogP contribution in [0.1, 0.15) is 32.1 Å². The molecule has 0 aliphatic carbocycles. The predicted octanol–water partition coefficient (Wildman–Crippen LogP) is 4.40. The van der Waals surface area contributed by atoms with Crippen LogP contribution in [0.15, 0.2) is 17.6 Å². The number of hydrogen-bond donors (Lipinski definition) is 0. The molecule has 118 valence electrons. The average Bonchev–Trinajstić information content (AvgIpc) is 3.02. The molecule has 3 heterocycles. The largest absolute Gasteiger partial charge is 0.370 e. The maximum absolute atomic E-state index is 6.51. The normalized spacial score (nSPS) is 21.6. The summed E-state index contributed by atoms with van der Waals surface area (Å²) in [4.78, 5) is 9.59. The zero-order valence-corrected chi connectivity index (χ0v) is 14.4. The summed E-state index contributed by atoms with van der Waals surface area (Å²) >= 11 is 8.16. The van der Waals surface area contributed by atoms with Crippen LogP contribution in [0.25, 0.3) is 10.2 Å². The number of benzene rings is 1. The van der Waals surface area contributed by atoms with Crippen molar-refractivity contribution in [1.29, 1.82) is 0 Å². The smallest absolute Gasteiger partial charge is 0.0833 e. The van der Waals surface area contributed by atoms with Gasteiger partial charge in [-0.25, -0.2) is 4.98 Å². The van der Waals surface area contributed by atoms with Crippen LogP contribution in [-0.4, -0.2) is 42.1 Å². The van der Waals surface area contributed by atoms with Gasteiger partial charge >= 0.3 is 0 Å². The van der Waals surface area contributed by atoms with E-state index in [2.05, 4.69) is 26.9 Å². The number of rotatable bonds is 2. The molecule has 2 aromatic rings. The van der Waals surface area contributed by atoms with E-state index in [1.54, 1.807) is 11.3 Å². The van der Waals surface area contributed by atoms with E-state index < -0.39 is 0 Å². The highest BCUT2D eigenvalue weighted by molar-refractivity contribution is 7.16. The molecule has 2 aliphatic heterocycles. The minimum atomic E-state index is 0.776. The van der Waals surface area contributed by atoms with Crippen LogP contribution >= 0.6 is 22.9 Å². The summed E-state index contributed by atoms with van der Waals surface area (Å²) in [5, 5.41) is 0.869. The number of halogens is 1. The maximum atomic E-state index is 6.51. The summed E-state index contributed by atoms with van der Waals surface area (Å²) < 4.78 is 1.18. The van der Waals surface area contributed by atoms with E-state index >= 15 is 0 Å². The van der Waals surface area contributed by atoms with Gasteiger partial charge in [0.1, 0.15) is 0 Å². The van der Waals surface area contributed by atoms with Crippen LogP contribution in [0.4, 0.5) is 5.69 Å². The summed E-state index contributed by atoms with van der Waals surface area (Å²) in [6, 6.07) is 5.01. The predicted molar refractivity (Wildman–Crippen MR) is 95.3 cm³/mol. The fourth-order valence-electron chi connectivity index (χ4n) is 3.87. The lowest BCUT2D eigenvalue weighted by molar-refractivity contribution is 0.141. The Bertz CT molecular complexity index is 642. The molecular weight excluding hydrogens is 314 g/mol. The fourth-order valence-corrected chi connectivity index (χ4v) is 4.91. The third kappa shape index (κ3) is 2.84. The van der Waals surface area contributed by atoms with Gasteiger partial charge in [0, 0.05) is 19.1 Å². The summed E-state index contributed by atoms with van der Waals surface area (Å²) in [6.07, 6.45) is 6.69. The van der Waals surface area contributed by atoms with E-state index in [4.69, 9.17) is 11.6 Å². The van der Waals surface area contributed by atoms with Crippen molar-refractivity contribution in [1.82, 2.24) is 9.88 Å². The minimum Gasteiger partial charge on any atom is -0.370 e. The first-order chi connectivity index (χ1) is 10.8. The topological polar surface area (TPSA) is 19.4 Å². The molecule has 0 radical (unpaired) electrons. The Hall–Kier alpha value is -0.840. The van der Waals surface area contributed by atoms with Crippen molar-refractivity contribution in [3.8, 4) is 0 Å². The standard InChI is InChI=1S/C17H22ClN3S/c18-14-10-17-15(19-12-22-17)11-16(14)21-8-4-13(5-9-21)20-6-2-1-3-7-20/h10-13H,1-9H2. The first kappa shape index (κ1) is 14.7. The molecule has 22 heavy (non-hydrogen) atoms. The molecule has 1 aromatic carbocycles. The van der Waals surface area contributed by atoms with Gasteiger partial charge in [0.2, 0.25) is 0 Å². The van der Waals surface area contributed by atoms with Crippen LogP contribution in [0.2, 0.25) is 5.02 Å². The highest BCUT2D eigenvalue weighted by Gasteiger charge is 2.26. The van der Waals surface area contributed by atoms with Crippen molar-refractivity contribution in [2.75, 3.05) is 31.1 Å². The Kier molecular flexibility index (Phi) is 4.25. The van der Waals surface area contributed by atoms with E-state index in [1.807, 2.05) is 5.51 Å². The highest BCUT2D eigenvalue weighted by atomic mass is 35.5. The van der Waals surface area contributed by atoms with E-state index in [0.717, 1.165) is 35.4 Å². The molecule has 0 atom stereocenters. The molecule has 0 unspecified atom stereocenters. The Morgan fingerprint density at radius 2 is 1.82 bits per heavy atom. The van der Waals surface area contributed by atoms with Crippen molar-refractivity contribution >= 4 is 38.8 Å². The Balaban J connectivity index is 1.46. The summed E-state index contributed by atoms with van der Waals surface area (Å²) in [7, 11) is 0. The van der Waals surface area contributed by atoms with Crippen molar-refractivity contribution < 1.29 is 0 Å². The average molecular weight is 336 g/mol. The quantitative estimate of drug-likeness (QED) is 0.810. The lowest BCUT2D eigenvalue weighted by atomic mass is 9.99.